The van der Waals surface area contributed by atoms with Gasteiger partial charge >= 0.3 is 0 Å². The van der Waals surface area contributed by atoms with Crippen molar-refractivity contribution in [3.63, 3.8) is 0 Å². The molecule has 0 aliphatic heterocycles. The number of hydrogen-bond donors (Lipinski definition) is 0. The van der Waals surface area contributed by atoms with Crippen LogP contribution in [0.25, 0.3) is 0 Å². The monoisotopic (exact) mass is 149 g/mol. The maximum atomic E-state index is 5.04. The van der Waals surface area contributed by atoms with Crippen LogP contribution in [-0.2, 0) is 4.74 Å². The topological polar surface area (TPSA) is 21.6 Å². The molecule has 58 valence electrons. The molecule has 0 aliphatic carbocycles. The molecule has 0 spiro atoms. The van der Waals surface area contributed by atoms with Crippen LogP contribution in [0.4, 0.5) is 0 Å². The van der Waals surface area contributed by atoms with Crippen molar-refractivity contribution in [2.75, 3.05) is 14.2 Å². The van der Waals surface area contributed by atoms with Gasteiger partial charge in [0.25, 0.3) is 0 Å². The van der Waals surface area contributed by atoms with Crippen LogP contribution in [0.2, 0.25) is 0 Å². The Morgan fingerprint density at radius 3 is 2.36 bits per heavy atom. The summed E-state index contributed by atoms with van der Waals surface area (Å²) in [5.41, 5.74) is 1.01. The summed E-state index contributed by atoms with van der Waals surface area (Å²) in [5.74, 6) is 0.672. The molecule has 0 bridgehead atoms. The Labute approximate surface area is 66.5 Å². The van der Waals surface area contributed by atoms with Gasteiger partial charge in [-0.1, -0.05) is 18.2 Å². The molecule has 11 heavy (non-hydrogen) atoms. The third-order valence-electron chi connectivity index (χ3n) is 1.42. The minimum Gasteiger partial charge on any atom is -0.481 e. The fourth-order valence-electron chi connectivity index (χ4n) is 0.919. The SMILES string of the molecule is C/N=C(\OC)c1ccccc1. The Kier molecular flexibility index (Phi) is 2.66. The predicted octanol–water partition coefficient (Wildman–Crippen LogP) is 1.71. The average Bonchev–Trinajstić information content (AvgIpc) is 2.09. The second kappa shape index (κ2) is 3.76. The molecule has 0 atom stereocenters. The highest BCUT2D eigenvalue weighted by molar-refractivity contribution is 5.93. The smallest absolute Gasteiger partial charge is 0.215 e. The summed E-state index contributed by atoms with van der Waals surface area (Å²) in [6.45, 7) is 0. The van der Waals surface area contributed by atoms with Crippen molar-refractivity contribution in [3.8, 4) is 0 Å². The van der Waals surface area contributed by atoms with E-state index in [1.165, 1.54) is 0 Å². The number of benzene rings is 1. The lowest BCUT2D eigenvalue weighted by Crippen LogP contribution is -2.02. The summed E-state index contributed by atoms with van der Waals surface area (Å²) in [6.07, 6.45) is 0. The molecular formula is C9H11NO. The van der Waals surface area contributed by atoms with Crippen molar-refractivity contribution in [1.82, 2.24) is 0 Å². The number of hydrogen-bond acceptors (Lipinski definition) is 2. The van der Waals surface area contributed by atoms with E-state index in [1.807, 2.05) is 30.3 Å². The Bertz CT molecular complexity index is 241. The molecule has 2 nitrogen and oxygen atoms in total. The number of aliphatic imine (C=N–C) groups is 1. The molecule has 1 aromatic rings. The Morgan fingerprint density at radius 1 is 1.27 bits per heavy atom. The molecule has 0 radical (unpaired) electrons. The first-order valence-corrected chi connectivity index (χ1v) is 3.44. The number of ether oxygens (including phenoxy) is 1. The highest BCUT2D eigenvalue weighted by Gasteiger charge is 1.97. The van der Waals surface area contributed by atoms with Crippen molar-refractivity contribution in [2.24, 2.45) is 4.99 Å². The summed E-state index contributed by atoms with van der Waals surface area (Å²) >= 11 is 0. The first-order chi connectivity index (χ1) is 5.38. The van der Waals surface area contributed by atoms with Crippen molar-refractivity contribution in [3.05, 3.63) is 35.9 Å². The first kappa shape index (κ1) is 7.79. The Morgan fingerprint density at radius 2 is 1.91 bits per heavy atom. The van der Waals surface area contributed by atoms with Gasteiger partial charge in [0.05, 0.1) is 7.11 Å². The van der Waals surface area contributed by atoms with Crippen LogP contribution in [-0.4, -0.2) is 20.1 Å². The quantitative estimate of drug-likeness (QED) is 0.440. The summed E-state index contributed by atoms with van der Waals surface area (Å²) < 4.78 is 5.04. The van der Waals surface area contributed by atoms with Crippen LogP contribution in [0.1, 0.15) is 5.56 Å². The summed E-state index contributed by atoms with van der Waals surface area (Å²) in [6, 6.07) is 9.81. The van der Waals surface area contributed by atoms with Crippen LogP contribution in [0.3, 0.4) is 0 Å². The lowest BCUT2D eigenvalue weighted by molar-refractivity contribution is 0.404. The normalized spacial score (nSPS) is 11.3. The van der Waals surface area contributed by atoms with Gasteiger partial charge in [0.2, 0.25) is 5.90 Å². The number of nitrogens with zero attached hydrogens (tertiary/aromatic N) is 1. The average molecular weight is 149 g/mol. The zero-order chi connectivity index (χ0) is 8.10. The molecule has 0 unspecified atom stereocenters. The first-order valence-electron chi connectivity index (χ1n) is 3.44. The molecule has 0 saturated carbocycles. The van der Waals surface area contributed by atoms with Gasteiger partial charge in [0.15, 0.2) is 0 Å². The van der Waals surface area contributed by atoms with E-state index in [9.17, 15) is 0 Å². The molecule has 1 aromatic carbocycles. The van der Waals surface area contributed by atoms with Gasteiger partial charge in [-0.05, 0) is 12.1 Å². The summed E-state index contributed by atoms with van der Waals surface area (Å²) in [7, 11) is 3.33. The fourth-order valence-corrected chi connectivity index (χ4v) is 0.919. The molecule has 0 amide bonds. The van der Waals surface area contributed by atoms with E-state index >= 15 is 0 Å². The lowest BCUT2D eigenvalue weighted by Gasteiger charge is -2.01. The molecule has 0 N–H and O–H groups in total. The minimum atomic E-state index is 0.672. The Hall–Kier alpha value is -1.31. The molecule has 0 saturated heterocycles. The maximum absolute atomic E-state index is 5.04. The molecule has 0 aliphatic rings. The second-order valence-electron chi connectivity index (χ2n) is 2.10. The Balaban J connectivity index is 2.92. The van der Waals surface area contributed by atoms with Crippen LogP contribution in [0.15, 0.2) is 35.3 Å². The maximum Gasteiger partial charge on any atom is 0.215 e. The van der Waals surface area contributed by atoms with Gasteiger partial charge in [-0.25, -0.2) is 0 Å². The van der Waals surface area contributed by atoms with Gasteiger partial charge in [0.1, 0.15) is 0 Å². The van der Waals surface area contributed by atoms with Crippen LogP contribution < -0.4 is 0 Å². The van der Waals surface area contributed by atoms with E-state index in [-0.39, 0.29) is 0 Å². The van der Waals surface area contributed by atoms with Gasteiger partial charge in [-0.2, -0.15) is 0 Å². The van der Waals surface area contributed by atoms with Crippen LogP contribution in [0, 0.1) is 0 Å². The fraction of sp³-hybridized carbons (Fsp3) is 0.222. The predicted molar refractivity (Wildman–Crippen MR) is 45.9 cm³/mol. The molecule has 2 heteroatoms. The van der Waals surface area contributed by atoms with Gasteiger partial charge in [-0.3, -0.25) is 4.99 Å². The highest BCUT2D eigenvalue weighted by Crippen LogP contribution is 2.00. The third kappa shape index (κ3) is 1.80. The standard InChI is InChI=1S/C9H11NO/c1-10-9(11-2)8-6-4-3-5-7-8/h3-7H,1-2H3/b10-9-. The number of methoxy groups -OCH3 is 1. The van der Waals surface area contributed by atoms with E-state index in [1.54, 1.807) is 14.2 Å². The molecular weight excluding hydrogens is 138 g/mol. The van der Waals surface area contributed by atoms with Crippen LogP contribution in [0.5, 0.6) is 0 Å². The van der Waals surface area contributed by atoms with E-state index in [4.69, 9.17) is 4.74 Å². The van der Waals surface area contributed by atoms with Gasteiger partial charge in [0, 0.05) is 12.6 Å². The van der Waals surface area contributed by atoms with Crippen LogP contribution >= 0.6 is 0 Å². The summed E-state index contributed by atoms with van der Waals surface area (Å²) in [4.78, 5) is 3.97. The van der Waals surface area contributed by atoms with Gasteiger partial charge < -0.3 is 4.74 Å². The lowest BCUT2D eigenvalue weighted by atomic mass is 10.2. The third-order valence-corrected chi connectivity index (χ3v) is 1.42. The van der Waals surface area contributed by atoms with Gasteiger partial charge in [-0.15, -0.1) is 0 Å². The van der Waals surface area contributed by atoms with Crippen molar-refractivity contribution < 1.29 is 4.74 Å². The second-order valence-corrected chi connectivity index (χ2v) is 2.10. The number of rotatable bonds is 1. The molecule has 1 rings (SSSR count). The molecule has 0 fully saturated rings. The van der Waals surface area contributed by atoms with E-state index in [0.717, 1.165) is 5.56 Å². The van der Waals surface area contributed by atoms with Crippen molar-refractivity contribution in [2.45, 2.75) is 0 Å². The van der Waals surface area contributed by atoms with Crippen molar-refractivity contribution >= 4 is 5.90 Å². The van der Waals surface area contributed by atoms with E-state index < -0.39 is 0 Å². The highest BCUT2D eigenvalue weighted by atomic mass is 16.5. The summed E-state index contributed by atoms with van der Waals surface area (Å²) in [5, 5.41) is 0. The molecule has 0 heterocycles. The zero-order valence-electron chi connectivity index (χ0n) is 6.74. The van der Waals surface area contributed by atoms with Crippen molar-refractivity contribution in [1.29, 1.82) is 0 Å². The van der Waals surface area contributed by atoms with E-state index in [0.29, 0.717) is 5.90 Å². The minimum absolute atomic E-state index is 0.672. The molecule has 0 aromatic heterocycles. The van der Waals surface area contributed by atoms with E-state index in [2.05, 4.69) is 4.99 Å². The largest absolute Gasteiger partial charge is 0.481 e. The zero-order valence-corrected chi connectivity index (χ0v) is 6.74.